The van der Waals surface area contributed by atoms with Crippen LogP contribution in [0.4, 0.5) is 17.2 Å². The second-order valence-corrected chi connectivity index (χ2v) is 7.70. The predicted molar refractivity (Wildman–Crippen MR) is 113 cm³/mol. The minimum atomic E-state index is -0.231. The van der Waals surface area contributed by atoms with Gasteiger partial charge in [-0.3, -0.25) is 9.59 Å². The van der Waals surface area contributed by atoms with Gasteiger partial charge in [0.05, 0.1) is 10.4 Å². The zero-order valence-corrected chi connectivity index (χ0v) is 16.5. The molecule has 0 fully saturated rings. The van der Waals surface area contributed by atoms with Crippen molar-refractivity contribution in [1.82, 2.24) is 4.98 Å². The van der Waals surface area contributed by atoms with Crippen LogP contribution in [0.25, 0.3) is 0 Å². The standard InChI is InChI=1S/C21H20N4O2S/c1-24(2)19-16(5-3-10-22-19)20(26)23-15-8-7-14-9-11-25(17(14)13-15)21(27)18-6-4-12-28-18/h3-8,10,12-13H,9,11H2,1-2H3,(H,23,26). The molecule has 2 aromatic heterocycles. The molecule has 28 heavy (non-hydrogen) atoms. The summed E-state index contributed by atoms with van der Waals surface area (Å²) in [6.45, 7) is 0.650. The highest BCUT2D eigenvalue weighted by Gasteiger charge is 2.26. The van der Waals surface area contributed by atoms with Crippen molar-refractivity contribution in [2.45, 2.75) is 6.42 Å². The van der Waals surface area contributed by atoms with E-state index in [1.807, 2.05) is 49.8 Å². The van der Waals surface area contributed by atoms with Gasteiger partial charge in [-0.25, -0.2) is 4.98 Å². The molecule has 0 aliphatic carbocycles. The highest BCUT2D eigenvalue weighted by molar-refractivity contribution is 7.12. The Morgan fingerprint density at radius 2 is 2.04 bits per heavy atom. The molecule has 1 aliphatic heterocycles. The lowest BCUT2D eigenvalue weighted by Crippen LogP contribution is -2.28. The summed E-state index contributed by atoms with van der Waals surface area (Å²) in [7, 11) is 3.70. The molecule has 0 spiro atoms. The third-order valence-corrected chi connectivity index (χ3v) is 5.53. The first-order chi connectivity index (χ1) is 13.5. The van der Waals surface area contributed by atoms with E-state index in [1.54, 1.807) is 28.1 Å². The highest BCUT2D eigenvalue weighted by Crippen LogP contribution is 2.33. The Bertz CT molecular complexity index is 1030. The van der Waals surface area contributed by atoms with Crippen LogP contribution in [0.1, 0.15) is 25.6 Å². The Morgan fingerprint density at radius 1 is 1.18 bits per heavy atom. The summed E-state index contributed by atoms with van der Waals surface area (Å²) >= 11 is 1.44. The first kappa shape index (κ1) is 18.2. The molecule has 3 heterocycles. The van der Waals surface area contributed by atoms with E-state index in [4.69, 9.17) is 0 Å². The lowest BCUT2D eigenvalue weighted by atomic mass is 10.1. The number of amides is 2. The van der Waals surface area contributed by atoms with Gasteiger partial charge in [-0.2, -0.15) is 0 Å². The molecule has 0 saturated carbocycles. The number of carbonyl (C=O) groups excluding carboxylic acids is 2. The Morgan fingerprint density at radius 3 is 2.79 bits per heavy atom. The van der Waals surface area contributed by atoms with Crippen molar-refractivity contribution < 1.29 is 9.59 Å². The smallest absolute Gasteiger partial charge is 0.268 e. The zero-order chi connectivity index (χ0) is 19.7. The average molecular weight is 392 g/mol. The molecule has 3 aromatic rings. The number of rotatable bonds is 4. The van der Waals surface area contributed by atoms with Crippen LogP contribution in [0.3, 0.4) is 0 Å². The predicted octanol–water partition coefficient (Wildman–Crippen LogP) is 3.66. The number of fused-ring (bicyclic) bond motifs is 1. The summed E-state index contributed by atoms with van der Waals surface area (Å²) in [4.78, 5) is 34.1. The Balaban J connectivity index is 1.59. The molecule has 1 aromatic carbocycles. The van der Waals surface area contributed by atoms with Gasteiger partial charge in [-0.15, -0.1) is 11.3 Å². The molecule has 1 N–H and O–H groups in total. The fraction of sp³-hybridized carbons (Fsp3) is 0.190. The third kappa shape index (κ3) is 3.36. The fourth-order valence-corrected chi connectivity index (χ4v) is 4.00. The number of nitrogens with one attached hydrogen (secondary N) is 1. The lowest BCUT2D eigenvalue weighted by Gasteiger charge is -2.18. The van der Waals surface area contributed by atoms with Crippen LogP contribution < -0.4 is 15.1 Å². The van der Waals surface area contributed by atoms with Crippen LogP contribution in [0.2, 0.25) is 0 Å². The molecular weight excluding hydrogens is 372 g/mol. The van der Waals surface area contributed by atoms with E-state index in [-0.39, 0.29) is 11.8 Å². The van der Waals surface area contributed by atoms with E-state index in [9.17, 15) is 9.59 Å². The Kier molecular flexibility index (Phi) is 4.83. The number of nitrogens with zero attached hydrogens (tertiary/aromatic N) is 3. The molecule has 142 valence electrons. The van der Waals surface area contributed by atoms with Crippen LogP contribution in [0.15, 0.2) is 54.0 Å². The van der Waals surface area contributed by atoms with Gasteiger partial charge in [0.2, 0.25) is 0 Å². The summed E-state index contributed by atoms with van der Waals surface area (Å²) in [5, 5.41) is 4.84. The number of thiophene rings is 1. The quantitative estimate of drug-likeness (QED) is 0.736. The molecule has 1 aliphatic rings. The molecule has 0 saturated heterocycles. The zero-order valence-electron chi connectivity index (χ0n) is 15.7. The summed E-state index contributed by atoms with van der Waals surface area (Å²) in [6, 6.07) is 12.9. The van der Waals surface area contributed by atoms with Crippen LogP contribution in [-0.2, 0) is 6.42 Å². The number of benzene rings is 1. The van der Waals surface area contributed by atoms with Crippen LogP contribution >= 0.6 is 11.3 Å². The normalized spacial score (nSPS) is 12.6. The van der Waals surface area contributed by atoms with Gasteiger partial charge in [-0.05, 0) is 47.7 Å². The number of aromatic nitrogens is 1. The van der Waals surface area contributed by atoms with Crippen molar-refractivity contribution in [2.24, 2.45) is 0 Å². The largest absolute Gasteiger partial charge is 0.362 e. The first-order valence-electron chi connectivity index (χ1n) is 8.96. The summed E-state index contributed by atoms with van der Waals surface area (Å²) in [6.07, 6.45) is 2.48. The maximum atomic E-state index is 12.8. The van der Waals surface area contributed by atoms with E-state index >= 15 is 0 Å². The van der Waals surface area contributed by atoms with Gasteiger partial charge in [0.15, 0.2) is 0 Å². The third-order valence-electron chi connectivity index (χ3n) is 4.67. The van der Waals surface area contributed by atoms with Crippen molar-refractivity contribution in [1.29, 1.82) is 0 Å². The summed E-state index contributed by atoms with van der Waals surface area (Å²) in [5.41, 5.74) is 3.12. The van der Waals surface area contributed by atoms with Gasteiger partial charge in [0, 0.05) is 38.2 Å². The molecular formula is C21H20N4O2S. The van der Waals surface area contributed by atoms with Crippen molar-refractivity contribution in [3.8, 4) is 0 Å². The van der Waals surface area contributed by atoms with Crippen molar-refractivity contribution in [3.05, 3.63) is 70.0 Å². The monoisotopic (exact) mass is 392 g/mol. The second kappa shape index (κ2) is 7.44. The highest BCUT2D eigenvalue weighted by atomic mass is 32.1. The molecule has 0 radical (unpaired) electrons. The molecule has 0 atom stereocenters. The lowest BCUT2D eigenvalue weighted by molar-refractivity contribution is 0.0991. The molecule has 6 nitrogen and oxygen atoms in total. The van der Waals surface area contributed by atoms with Gasteiger partial charge in [-0.1, -0.05) is 12.1 Å². The second-order valence-electron chi connectivity index (χ2n) is 6.75. The SMILES string of the molecule is CN(C)c1ncccc1C(=O)Nc1ccc2c(c1)N(C(=O)c1cccs1)CC2. The van der Waals surface area contributed by atoms with Crippen molar-refractivity contribution in [3.63, 3.8) is 0 Å². The number of hydrogen-bond donors (Lipinski definition) is 1. The Labute approximate surface area is 167 Å². The van der Waals surface area contributed by atoms with E-state index < -0.39 is 0 Å². The molecule has 0 bridgehead atoms. The molecule has 0 unspecified atom stereocenters. The minimum Gasteiger partial charge on any atom is -0.362 e. The van der Waals surface area contributed by atoms with E-state index in [2.05, 4.69) is 10.3 Å². The summed E-state index contributed by atoms with van der Waals surface area (Å²) in [5.74, 6) is 0.376. The van der Waals surface area contributed by atoms with Crippen molar-refractivity contribution >= 4 is 40.3 Å². The summed E-state index contributed by atoms with van der Waals surface area (Å²) < 4.78 is 0. The number of pyridine rings is 1. The minimum absolute atomic E-state index is 0.000574. The van der Waals surface area contributed by atoms with Gasteiger partial charge in [0.1, 0.15) is 5.82 Å². The van der Waals surface area contributed by atoms with Crippen LogP contribution in [0, 0.1) is 0 Å². The van der Waals surface area contributed by atoms with Gasteiger partial charge in [0.25, 0.3) is 11.8 Å². The van der Waals surface area contributed by atoms with Crippen LogP contribution in [0.5, 0.6) is 0 Å². The molecule has 2 amide bonds. The van der Waals surface area contributed by atoms with Gasteiger partial charge >= 0.3 is 0 Å². The van der Waals surface area contributed by atoms with E-state index in [0.717, 1.165) is 17.7 Å². The molecule has 7 heteroatoms. The molecule has 4 rings (SSSR count). The number of carbonyl (C=O) groups is 2. The van der Waals surface area contributed by atoms with Crippen LogP contribution in [-0.4, -0.2) is 37.4 Å². The van der Waals surface area contributed by atoms with E-state index in [1.165, 1.54) is 11.3 Å². The Hall–Kier alpha value is -3.19. The van der Waals surface area contributed by atoms with Gasteiger partial charge < -0.3 is 15.1 Å². The maximum absolute atomic E-state index is 12.8. The topological polar surface area (TPSA) is 65.5 Å². The number of anilines is 3. The average Bonchev–Trinajstić information content (AvgIpc) is 3.37. The fourth-order valence-electron chi connectivity index (χ4n) is 3.33. The van der Waals surface area contributed by atoms with Crippen molar-refractivity contribution in [2.75, 3.05) is 35.8 Å². The number of hydrogen-bond acceptors (Lipinski definition) is 5. The maximum Gasteiger partial charge on any atom is 0.268 e. The first-order valence-corrected chi connectivity index (χ1v) is 9.84. The van der Waals surface area contributed by atoms with E-state index in [0.29, 0.717) is 28.5 Å².